The van der Waals surface area contributed by atoms with Gasteiger partial charge in [-0.3, -0.25) is 0 Å². The van der Waals surface area contributed by atoms with Crippen LogP contribution in [0.15, 0.2) is 30.3 Å². The monoisotopic (exact) mass is 268 g/mol. The normalized spacial score (nSPS) is 10.6. The van der Waals surface area contributed by atoms with Gasteiger partial charge < -0.3 is 0 Å². The molecule has 0 atom stereocenters. The third kappa shape index (κ3) is 2.18. The Morgan fingerprint density at radius 3 is 2.12 bits per heavy atom. The number of benzene rings is 2. The summed E-state index contributed by atoms with van der Waals surface area (Å²) >= 11 is 12.2. The zero-order chi connectivity index (χ0) is 12.6. The Morgan fingerprint density at radius 1 is 0.941 bits per heavy atom. The quantitative estimate of drug-likeness (QED) is 0.648. The molecule has 3 heteroatoms. The lowest BCUT2D eigenvalue weighted by molar-refractivity contribution is 0.610. The fourth-order valence-electron chi connectivity index (χ4n) is 1.85. The minimum absolute atomic E-state index is 0.210. The van der Waals surface area contributed by atoms with Gasteiger partial charge in [0.2, 0.25) is 0 Å². The van der Waals surface area contributed by atoms with Gasteiger partial charge in [-0.2, -0.15) is 0 Å². The smallest absolute Gasteiger partial charge is 0.129 e. The van der Waals surface area contributed by atoms with Crippen molar-refractivity contribution in [1.82, 2.24) is 0 Å². The van der Waals surface area contributed by atoms with Crippen molar-refractivity contribution in [3.8, 4) is 11.1 Å². The Labute approximate surface area is 110 Å². The molecule has 0 aliphatic heterocycles. The highest BCUT2D eigenvalue weighted by atomic mass is 35.5. The van der Waals surface area contributed by atoms with Crippen molar-refractivity contribution in [2.24, 2.45) is 0 Å². The Balaban J connectivity index is 2.74. The Bertz CT molecular complexity index is 556. The van der Waals surface area contributed by atoms with Gasteiger partial charge in [-0.05, 0) is 42.7 Å². The molecule has 0 unspecified atom stereocenters. The van der Waals surface area contributed by atoms with Crippen LogP contribution in [-0.4, -0.2) is 0 Å². The first kappa shape index (κ1) is 12.4. The van der Waals surface area contributed by atoms with E-state index in [1.54, 1.807) is 38.1 Å². The third-order valence-corrected chi connectivity index (χ3v) is 3.44. The summed E-state index contributed by atoms with van der Waals surface area (Å²) in [6, 6.07) is 8.85. The SMILES string of the molecule is Cc1ccc(-c2c(Cl)cccc2Cl)c(C)c1F. The van der Waals surface area contributed by atoms with E-state index in [2.05, 4.69) is 0 Å². The summed E-state index contributed by atoms with van der Waals surface area (Å²) < 4.78 is 13.9. The van der Waals surface area contributed by atoms with Gasteiger partial charge in [0, 0.05) is 15.6 Å². The van der Waals surface area contributed by atoms with Crippen LogP contribution < -0.4 is 0 Å². The van der Waals surface area contributed by atoms with Crippen molar-refractivity contribution in [3.63, 3.8) is 0 Å². The molecule has 0 nitrogen and oxygen atoms in total. The molecule has 0 aromatic heterocycles. The molecular formula is C14H11Cl2F. The van der Waals surface area contributed by atoms with E-state index in [1.165, 1.54) is 0 Å². The highest BCUT2D eigenvalue weighted by molar-refractivity contribution is 6.39. The summed E-state index contributed by atoms with van der Waals surface area (Å²) in [5.41, 5.74) is 2.62. The summed E-state index contributed by atoms with van der Waals surface area (Å²) in [7, 11) is 0. The average molecular weight is 269 g/mol. The molecule has 2 rings (SSSR count). The second-order valence-electron chi connectivity index (χ2n) is 3.97. The molecule has 0 heterocycles. The van der Waals surface area contributed by atoms with E-state index in [1.807, 2.05) is 6.07 Å². The minimum atomic E-state index is -0.210. The van der Waals surface area contributed by atoms with Gasteiger partial charge in [0.15, 0.2) is 0 Å². The number of hydrogen-bond acceptors (Lipinski definition) is 0. The van der Waals surface area contributed by atoms with Crippen LogP contribution >= 0.6 is 23.2 Å². The molecular weight excluding hydrogens is 258 g/mol. The maximum atomic E-state index is 13.9. The number of aryl methyl sites for hydroxylation is 1. The van der Waals surface area contributed by atoms with Crippen molar-refractivity contribution in [2.45, 2.75) is 13.8 Å². The van der Waals surface area contributed by atoms with Crippen LogP contribution in [0.1, 0.15) is 11.1 Å². The van der Waals surface area contributed by atoms with Gasteiger partial charge in [0.25, 0.3) is 0 Å². The largest absolute Gasteiger partial charge is 0.206 e. The highest BCUT2D eigenvalue weighted by Crippen LogP contribution is 2.37. The first-order valence-corrected chi connectivity index (χ1v) is 5.98. The zero-order valence-corrected chi connectivity index (χ0v) is 11.0. The van der Waals surface area contributed by atoms with Crippen molar-refractivity contribution < 1.29 is 4.39 Å². The van der Waals surface area contributed by atoms with E-state index in [0.29, 0.717) is 26.7 Å². The van der Waals surface area contributed by atoms with E-state index in [0.717, 1.165) is 5.56 Å². The van der Waals surface area contributed by atoms with Gasteiger partial charge in [-0.25, -0.2) is 4.39 Å². The van der Waals surface area contributed by atoms with Crippen LogP contribution in [0.2, 0.25) is 10.0 Å². The summed E-state index contributed by atoms with van der Waals surface area (Å²) in [6.45, 7) is 3.47. The van der Waals surface area contributed by atoms with Crippen LogP contribution in [-0.2, 0) is 0 Å². The predicted octanol–water partition coefficient (Wildman–Crippen LogP) is 5.42. The Hall–Kier alpha value is -1.05. The summed E-state index contributed by atoms with van der Waals surface area (Å²) in [5, 5.41) is 1.06. The fourth-order valence-corrected chi connectivity index (χ4v) is 2.45. The molecule has 0 amide bonds. The molecule has 88 valence electrons. The minimum Gasteiger partial charge on any atom is -0.206 e. The molecule has 0 aliphatic rings. The number of hydrogen-bond donors (Lipinski definition) is 0. The molecule has 0 spiro atoms. The molecule has 0 aliphatic carbocycles. The summed E-state index contributed by atoms with van der Waals surface area (Å²) in [5.74, 6) is -0.210. The number of rotatable bonds is 1. The topological polar surface area (TPSA) is 0 Å². The van der Waals surface area contributed by atoms with Gasteiger partial charge >= 0.3 is 0 Å². The van der Waals surface area contributed by atoms with E-state index >= 15 is 0 Å². The summed E-state index contributed by atoms with van der Waals surface area (Å²) in [4.78, 5) is 0. The Kier molecular flexibility index (Phi) is 3.41. The maximum absolute atomic E-state index is 13.9. The second-order valence-corrected chi connectivity index (χ2v) is 4.78. The molecule has 0 saturated carbocycles. The van der Waals surface area contributed by atoms with Crippen molar-refractivity contribution in [2.75, 3.05) is 0 Å². The van der Waals surface area contributed by atoms with Crippen molar-refractivity contribution >= 4 is 23.2 Å². The van der Waals surface area contributed by atoms with Crippen LogP contribution in [0.5, 0.6) is 0 Å². The highest BCUT2D eigenvalue weighted by Gasteiger charge is 2.13. The van der Waals surface area contributed by atoms with E-state index in [-0.39, 0.29) is 5.82 Å². The molecule has 0 saturated heterocycles. The van der Waals surface area contributed by atoms with Crippen molar-refractivity contribution in [1.29, 1.82) is 0 Å². The van der Waals surface area contributed by atoms with Gasteiger partial charge in [-0.15, -0.1) is 0 Å². The molecule has 0 bridgehead atoms. The standard InChI is InChI=1S/C14H11Cl2F/c1-8-6-7-10(9(2)14(8)17)13-11(15)4-3-5-12(13)16/h3-7H,1-2H3. The van der Waals surface area contributed by atoms with Gasteiger partial charge in [0.1, 0.15) is 5.82 Å². The maximum Gasteiger partial charge on any atom is 0.129 e. The molecule has 2 aromatic rings. The number of halogens is 3. The van der Waals surface area contributed by atoms with Gasteiger partial charge in [-0.1, -0.05) is 41.4 Å². The summed E-state index contributed by atoms with van der Waals surface area (Å²) in [6.07, 6.45) is 0. The first-order chi connectivity index (χ1) is 8.02. The van der Waals surface area contributed by atoms with Crippen LogP contribution in [0.25, 0.3) is 11.1 Å². The van der Waals surface area contributed by atoms with E-state index < -0.39 is 0 Å². The van der Waals surface area contributed by atoms with Crippen LogP contribution in [0.3, 0.4) is 0 Å². The van der Waals surface area contributed by atoms with Crippen LogP contribution in [0, 0.1) is 19.7 Å². The lowest BCUT2D eigenvalue weighted by Crippen LogP contribution is -1.93. The molecule has 0 radical (unpaired) electrons. The molecule has 17 heavy (non-hydrogen) atoms. The van der Waals surface area contributed by atoms with E-state index in [9.17, 15) is 4.39 Å². The van der Waals surface area contributed by atoms with E-state index in [4.69, 9.17) is 23.2 Å². The molecule has 0 N–H and O–H groups in total. The average Bonchev–Trinajstić information content (AvgIpc) is 2.29. The Morgan fingerprint density at radius 2 is 1.53 bits per heavy atom. The zero-order valence-electron chi connectivity index (χ0n) is 9.52. The fraction of sp³-hybridized carbons (Fsp3) is 0.143. The molecule has 2 aromatic carbocycles. The second kappa shape index (κ2) is 4.67. The third-order valence-electron chi connectivity index (χ3n) is 2.81. The van der Waals surface area contributed by atoms with Crippen LogP contribution in [0.4, 0.5) is 4.39 Å². The molecule has 0 fully saturated rings. The lowest BCUT2D eigenvalue weighted by Gasteiger charge is -2.12. The lowest BCUT2D eigenvalue weighted by atomic mass is 9.98. The predicted molar refractivity (Wildman–Crippen MR) is 71.3 cm³/mol. The van der Waals surface area contributed by atoms with Crippen molar-refractivity contribution in [3.05, 3.63) is 57.3 Å². The first-order valence-electron chi connectivity index (χ1n) is 5.22. The van der Waals surface area contributed by atoms with Gasteiger partial charge in [0.05, 0.1) is 0 Å².